The van der Waals surface area contributed by atoms with Gasteiger partial charge in [0.05, 0.1) is 6.10 Å². The normalized spacial score (nSPS) is 25.2. The van der Waals surface area contributed by atoms with Crippen LogP contribution < -0.4 is 0 Å². The molecule has 0 bridgehead atoms. The van der Waals surface area contributed by atoms with Gasteiger partial charge in [0, 0.05) is 37.8 Å². The van der Waals surface area contributed by atoms with Crippen molar-refractivity contribution in [3.05, 3.63) is 35.4 Å². The van der Waals surface area contributed by atoms with Crippen molar-refractivity contribution in [3.8, 4) is 0 Å². The average molecular weight is 393 g/mol. The highest BCUT2D eigenvalue weighted by atomic mass is 19.1. The highest BCUT2D eigenvalue weighted by molar-refractivity contribution is 5.18. The monoisotopic (exact) mass is 392 g/mol. The van der Waals surface area contributed by atoms with Crippen molar-refractivity contribution >= 4 is 0 Å². The van der Waals surface area contributed by atoms with Crippen LogP contribution in [0.25, 0.3) is 0 Å². The van der Waals surface area contributed by atoms with Gasteiger partial charge in [-0.2, -0.15) is 0 Å². The number of likely N-dealkylation sites (tertiary alicyclic amines) is 1. The minimum atomic E-state index is -0.363. The van der Waals surface area contributed by atoms with Crippen LogP contribution in [0.5, 0.6) is 0 Å². The number of rotatable bonds is 7. The lowest BCUT2D eigenvalue weighted by molar-refractivity contribution is 0.0535. The van der Waals surface area contributed by atoms with Gasteiger partial charge in [0.25, 0.3) is 0 Å². The first-order valence-corrected chi connectivity index (χ1v) is 11.2. The zero-order valence-corrected chi connectivity index (χ0v) is 16.9. The van der Waals surface area contributed by atoms with Crippen molar-refractivity contribution in [2.45, 2.75) is 70.1 Å². The van der Waals surface area contributed by atoms with Gasteiger partial charge in [0.1, 0.15) is 11.6 Å². The second kappa shape index (κ2) is 9.64. The SMILES string of the molecule is Fc1ccc(F)c(CN(CC2CCN(C3CCCC3)CC2)CC2CCCO2)c1. The van der Waals surface area contributed by atoms with E-state index < -0.39 is 0 Å². The molecule has 0 aromatic heterocycles. The Labute approximate surface area is 168 Å². The van der Waals surface area contributed by atoms with Gasteiger partial charge in [0.15, 0.2) is 0 Å². The van der Waals surface area contributed by atoms with E-state index in [1.54, 1.807) is 0 Å². The lowest BCUT2D eigenvalue weighted by atomic mass is 9.94. The van der Waals surface area contributed by atoms with E-state index >= 15 is 0 Å². The van der Waals surface area contributed by atoms with Gasteiger partial charge in [-0.3, -0.25) is 4.90 Å². The number of hydrogen-bond donors (Lipinski definition) is 0. The first kappa shape index (κ1) is 20.2. The molecule has 2 saturated heterocycles. The smallest absolute Gasteiger partial charge is 0.127 e. The molecule has 1 aliphatic carbocycles. The fraction of sp³-hybridized carbons (Fsp3) is 0.739. The van der Waals surface area contributed by atoms with Crippen molar-refractivity contribution in [3.63, 3.8) is 0 Å². The fourth-order valence-electron chi connectivity index (χ4n) is 5.32. The lowest BCUT2D eigenvalue weighted by Gasteiger charge is -2.38. The molecule has 1 unspecified atom stereocenters. The summed E-state index contributed by atoms with van der Waals surface area (Å²) in [4.78, 5) is 5.00. The third-order valence-corrected chi connectivity index (χ3v) is 6.89. The molecule has 3 fully saturated rings. The lowest BCUT2D eigenvalue weighted by Crippen LogP contribution is -2.43. The molecule has 2 heterocycles. The number of hydrogen-bond acceptors (Lipinski definition) is 3. The molecule has 3 aliphatic rings. The summed E-state index contributed by atoms with van der Waals surface area (Å²) in [6.07, 6.45) is 10.3. The van der Waals surface area contributed by atoms with Gasteiger partial charge in [-0.25, -0.2) is 8.78 Å². The van der Waals surface area contributed by atoms with Crippen LogP contribution in [-0.4, -0.2) is 54.7 Å². The Morgan fingerprint density at radius 3 is 2.46 bits per heavy atom. The molecular formula is C23H34F2N2O. The molecule has 1 aromatic carbocycles. The van der Waals surface area contributed by atoms with E-state index in [9.17, 15) is 8.78 Å². The summed E-state index contributed by atoms with van der Waals surface area (Å²) in [5, 5.41) is 0. The Balaban J connectivity index is 1.35. The summed E-state index contributed by atoms with van der Waals surface area (Å²) in [5.41, 5.74) is 0.460. The Kier molecular flexibility index (Phi) is 6.97. The summed E-state index contributed by atoms with van der Waals surface area (Å²) >= 11 is 0. The standard InChI is InChI=1S/C23H34F2N2O/c24-20-7-8-23(25)19(14-20)16-26(17-22-6-3-13-28-22)15-18-9-11-27(12-10-18)21-4-1-2-5-21/h7-8,14,18,21-22H,1-6,9-13,15-17H2. The molecular weight excluding hydrogens is 358 g/mol. The molecule has 4 rings (SSSR count). The minimum absolute atomic E-state index is 0.232. The molecule has 0 amide bonds. The first-order valence-electron chi connectivity index (χ1n) is 11.2. The first-order chi connectivity index (χ1) is 13.7. The van der Waals surface area contributed by atoms with Gasteiger partial charge in [-0.1, -0.05) is 12.8 Å². The summed E-state index contributed by atoms with van der Waals surface area (Å²) in [6.45, 7) is 5.45. The molecule has 1 saturated carbocycles. The van der Waals surface area contributed by atoms with E-state index in [0.29, 0.717) is 18.0 Å². The van der Waals surface area contributed by atoms with Crippen molar-refractivity contribution in [2.24, 2.45) is 5.92 Å². The van der Waals surface area contributed by atoms with E-state index in [2.05, 4.69) is 9.80 Å². The number of benzene rings is 1. The third kappa shape index (κ3) is 5.31. The van der Waals surface area contributed by atoms with Gasteiger partial charge in [0.2, 0.25) is 0 Å². The number of halogens is 2. The molecule has 156 valence electrons. The van der Waals surface area contributed by atoms with Crippen LogP contribution in [0.15, 0.2) is 18.2 Å². The topological polar surface area (TPSA) is 15.7 Å². The predicted octanol–water partition coefficient (Wildman–Crippen LogP) is 4.60. The van der Waals surface area contributed by atoms with Gasteiger partial charge >= 0.3 is 0 Å². The molecule has 2 aliphatic heterocycles. The predicted molar refractivity (Wildman–Crippen MR) is 107 cm³/mol. The zero-order valence-electron chi connectivity index (χ0n) is 16.9. The molecule has 3 nitrogen and oxygen atoms in total. The second-order valence-electron chi connectivity index (χ2n) is 8.98. The Morgan fingerprint density at radius 1 is 0.964 bits per heavy atom. The molecule has 0 radical (unpaired) electrons. The second-order valence-corrected chi connectivity index (χ2v) is 8.98. The van der Waals surface area contributed by atoms with Crippen LogP contribution in [0.1, 0.15) is 56.9 Å². The van der Waals surface area contributed by atoms with Crippen LogP contribution in [-0.2, 0) is 11.3 Å². The van der Waals surface area contributed by atoms with Crippen LogP contribution in [0, 0.1) is 17.6 Å². The Hall–Kier alpha value is -1.04. The Morgan fingerprint density at radius 2 is 1.75 bits per heavy atom. The maximum Gasteiger partial charge on any atom is 0.127 e. The van der Waals surface area contributed by atoms with Crippen LogP contribution in [0.3, 0.4) is 0 Å². The van der Waals surface area contributed by atoms with Crippen molar-refractivity contribution in [1.29, 1.82) is 0 Å². The van der Waals surface area contributed by atoms with Crippen LogP contribution in [0.2, 0.25) is 0 Å². The van der Waals surface area contributed by atoms with E-state index in [1.807, 2.05) is 0 Å². The van der Waals surface area contributed by atoms with Crippen LogP contribution in [0.4, 0.5) is 8.78 Å². The van der Waals surface area contributed by atoms with E-state index in [-0.39, 0.29) is 17.7 Å². The fourth-order valence-corrected chi connectivity index (χ4v) is 5.32. The van der Waals surface area contributed by atoms with Crippen molar-refractivity contribution in [1.82, 2.24) is 9.80 Å². The van der Waals surface area contributed by atoms with Gasteiger partial charge in [-0.15, -0.1) is 0 Å². The van der Waals surface area contributed by atoms with Crippen molar-refractivity contribution < 1.29 is 13.5 Å². The molecule has 1 aromatic rings. The third-order valence-electron chi connectivity index (χ3n) is 6.89. The molecule has 5 heteroatoms. The quantitative estimate of drug-likeness (QED) is 0.674. The van der Waals surface area contributed by atoms with Gasteiger partial charge in [-0.05, 0) is 75.7 Å². The summed E-state index contributed by atoms with van der Waals surface area (Å²) in [6, 6.07) is 4.60. The molecule has 0 N–H and O–H groups in total. The number of piperidine rings is 1. The minimum Gasteiger partial charge on any atom is -0.377 e. The summed E-state index contributed by atoms with van der Waals surface area (Å²) in [7, 11) is 0. The average Bonchev–Trinajstić information content (AvgIpc) is 3.39. The molecule has 28 heavy (non-hydrogen) atoms. The molecule has 0 spiro atoms. The highest BCUT2D eigenvalue weighted by Gasteiger charge is 2.29. The number of ether oxygens (including phenoxy) is 1. The maximum absolute atomic E-state index is 14.2. The van der Waals surface area contributed by atoms with E-state index in [0.717, 1.165) is 38.6 Å². The van der Waals surface area contributed by atoms with Crippen molar-refractivity contribution in [2.75, 3.05) is 32.8 Å². The number of nitrogens with zero attached hydrogens (tertiary/aromatic N) is 2. The van der Waals surface area contributed by atoms with E-state index in [1.165, 1.54) is 69.8 Å². The Bertz CT molecular complexity index is 621. The maximum atomic E-state index is 14.2. The van der Waals surface area contributed by atoms with Crippen LogP contribution >= 0.6 is 0 Å². The van der Waals surface area contributed by atoms with E-state index in [4.69, 9.17) is 4.74 Å². The summed E-state index contributed by atoms with van der Waals surface area (Å²) in [5.74, 6) is -0.0381. The van der Waals surface area contributed by atoms with Gasteiger partial charge < -0.3 is 9.64 Å². The summed E-state index contributed by atoms with van der Waals surface area (Å²) < 4.78 is 33.7. The zero-order chi connectivity index (χ0) is 19.3. The largest absolute Gasteiger partial charge is 0.377 e. The molecule has 1 atom stereocenters. The highest BCUT2D eigenvalue weighted by Crippen LogP contribution is 2.29.